The lowest BCUT2D eigenvalue weighted by Crippen LogP contribution is -2.22. The molecule has 1 amide bonds. The fourth-order valence-corrected chi connectivity index (χ4v) is 4.08. The number of unbranched alkanes of at least 4 members (excludes halogenated alkanes) is 1. The minimum absolute atomic E-state index is 0.135. The number of hydrogen-bond donors (Lipinski definition) is 1. The van der Waals surface area contributed by atoms with Crippen LogP contribution in [-0.4, -0.2) is 33.3 Å². The second-order valence-corrected chi connectivity index (χ2v) is 9.40. The smallest absolute Gasteiger partial charge is 0.311 e. The van der Waals surface area contributed by atoms with Crippen molar-refractivity contribution in [2.75, 3.05) is 11.9 Å². The number of ether oxygens (including phenoxy) is 1. The third kappa shape index (κ3) is 6.90. The quantitative estimate of drug-likeness (QED) is 0.147. The minimum atomic E-state index is -0.648. The summed E-state index contributed by atoms with van der Waals surface area (Å²) in [6, 6.07) is 14.6. The Kier molecular flexibility index (Phi) is 8.77. The van der Waals surface area contributed by atoms with Gasteiger partial charge >= 0.3 is 5.69 Å². The van der Waals surface area contributed by atoms with Gasteiger partial charge < -0.3 is 10.1 Å². The van der Waals surface area contributed by atoms with Crippen LogP contribution in [0.1, 0.15) is 31.2 Å². The van der Waals surface area contributed by atoms with Crippen LogP contribution < -0.4 is 15.6 Å². The standard InChI is InChI=1S/C27H23BrFN5O5/c1-2-3-7-25-32-22-10-9-18(28)13-21(22)27(36)33(25)30-15-17-8-11-24(23(12-17)34(37)38)39-16-26(35)31-20-6-4-5-19(29)14-20/h4-6,8-15H,2-3,7,16H2,1H3,(H,31,35). The van der Waals surface area contributed by atoms with E-state index in [0.29, 0.717) is 28.7 Å². The van der Waals surface area contributed by atoms with E-state index in [1.165, 1.54) is 47.3 Å². The van der Waals surface area contributed by atoms with E-state index < -0.39 is 28.9 Å². The molecule has 0 atom stereocenters. The van der Waals surface area contributed by atoms with E-state index in [9.17, 15) is 24.1 Å². The number of nitrogens with zero attached hydrogens (tertiary/aromatic N) is 4. The molecule has 0 saturated heterocycles. The number of benzene rings is 3. The summed E-state index contributed by atoms with van der Waals surface area (Å²) < 4.78 is 20.6. The lowest BCUT2D eigenvalue weighted by molar-refractivity contribution is -0.385. The van der Waals surface area contributed by atoms with E-state index in [1.54, 1.807) is 18.2 Å². The summed E-state index contributed by atoms with van der Waals surface area (Å²) in [4.78, 5) is 41.0. The van der Waals surface area contributed by atoms with Gasteiger partial charge in [0.15, 0.2) is 12.4 Å². The molecule has 1 N–H and O–H groups in total. The highest BCUT2D eigenvalue weighted by Gasteiger charge is 2.18. The molecule has 0 aliphatic carbocycles. The van der Waals surface area contributed by atoms with Gasteiger partial charge in [0.05, 0.1) is 22.0 Å². The highest BCUT2D eigenvalue weighted by atomic mass is 79.9. The number of carbonyl (C=O) groups excluding carboxylic acids is 1. The van der Waals surface area contributed by atoms with E-state index >= 15 is 0 Å². The normalized spacial score (nSPS) is 11.2. The second kappa shape index (κ2) is 12.4. The molecule has 12 heteroatoms. The molecular formula is C27H23BrFN5O5. The van der Waals surface area contributed by atoms with E-state index in [-0.39, 0.29) is 17.0 Å². The van der Waals surface area contributed by atoms with Crippen LogP contribution >= 0.6 is 15.9 Å². The van der Waals surface area contributed by atoms with E-state index in [4.69, 9.17) is 4.74 Å². The summed E-state index contributed by atoms with van der Waals surface area (Å²) in [5.74, 6) is -0.792. The molecule has 4 aromatic rings. The molecule has 200 valence electrons. The van der Waals surface area contributed by atoms with Gasteiger partial charge in [-0.1, -0.05) is 35.3 Å². The van der Waals surface area contributed by atoms with Crippen molar-refractivity contribution in [3.63, 3.8) is 0 Å². The Morgan fingerprint density at radius 2 is 2.05 bits per heavy atom. The van der Waals surface area contributed by atoms with Gasteiger partial charge in [-0.2, -0.15) is 9.78 Å². The van der Waals surface area contributed by atoms with E-state index in [1.807, 2.05) is 6.92 Å². The Labute approximate surface area is 230 Å². The van der Waals surface area contributed by atoms with E-state index in [2.05, 4.69) is 31.3 Å². The summed E-state index contributed by atoms with van der Waals surface area (Å²) in [6.45, 7) is 1.50. The highest BCUT2D eigenvalue weighted by Crippen LogP contribution is 2.27. The molecule has 0 radical (unpaired) electrons. The van der Waals surface area contributed by atoms with Crippen molar-refractivity contribution in [2.45, 2.75) is 26.2 Å². The van der Waals surface area contributed by atoms with Crippen LogP contribution in [0.3, 0.4) is 0 Å². The number of nitro groups is 1. The molecule has 1 aromatic heterocycles. The maximum absolute atomic E-state index is 13.3. The van der Waals surface area contributed by atoms with Gasteiger partial charge in [-0.15, -0.1) is 0 Å². The van der Waals surface area contributed by atoms with Crippen molar-refractivity contribution in [3.8, 4) is 5.75 Å². The molecule has 0 bridgehead atoms. The average Bonchev–Trinajstić information content (AvgIpc) is 2.91. The van der Waals surface area contributed by atoms with Crippen LogP contribution in [0.5, 0.6) is 5.75 Å². The van der Waals surface area contributed by atoms with Gasteiger partial charge in [0.25, 0.3) is 11.5 Å². The Morgan fingerprint density at radius 1 is 1.23 bits per heavy atom. The van der Waals surface area contributed by atoms with Gasteiger partial charge in [-0.3, -0.25) is 19.7 Å². The van der Waals surface area contributed by atoms with Crippen molar-refractivity contribution in [3.05, 3.63) is 103 Å². The summed E-state index contributed by atoms with van der Waals surface area (Å²) in [7, 11) is 0. The Balaban J connectivity index is 1.58. The largest absolute Gasteiger partial charge is 0.477 e. The van der Waals surface area contributed by atoms with Crippen LogP contribution in [0.25, 0.3) is 10.9 Å². The highest BCUT2D eigenvalue weighted by molar-refractivity contribution is 9.10. The zero-order valence-corrected chi connectivity index (χ0v) is 22.4. The van der Waals surface area contributed by atoms with Crippen LogP contribution in [0.15, 0.2) is 75.0 Å². The number of carbonyl (C=O) groups is 1. The Bertz CT molecular complexity index is 1640. The van der Waals surface area contributed by atoms with Gasteiger partial charge in [0, 0.05) is 28.2 Å². The predicted molar refractivity (Wildman–Crippen MR) is 149 cm³/mol. The van der Waals surface area contributed by atoms with Gasteiger partial charge in [-0.25, -0.2) is 9.37 Å². The predicted octanol–water partition coefficient (Wildman–Crippen LogP) is 5.45. The number of nitro benzene ring substituents is 1. The maximum atomic E-state index is 13.3. The first-order chi connectivity index (χ1) is 18.7. The lowest BCUT2D eigenvalue weighted by Gasteiger charge is -2.10. The van der Waals surface area contributed by atoms with Crippen LogP contribution in [0, 0.1) is 15.9 Å². The maximum Gasteiger partial charge on any atom is 0.311 e. The first kappa shape index (κ1) is 27.6. The van der Waals surface area contributed by atoms with Gasteiger partial charge in [-0.05, 0) is 55.0 Å². The summed E-state index contributed by atoms with van der Waals surface area (Å²) in [5.41, 5.74) is 0.369. The Hall–Kier alpha value is -4.45. The van der Waals surface area contributed by atoms with Gasteiger partial charge in [0.2, 0.25) is 0 Å². The number of amides is 1. The molecule has 0 unspecified atom stereocenters. The molecule has 1 heterocycles. The number of halogens is 2. The summed E-state index contributed by atoms with van der Waals surface area (Å²) in [6.07, 6.45) is 3.55. The third-order valence-electron chi connectivity index (χ3n) is 5.60. The monoisotopic (exact) mass is 595 g/mol. The second-order valence-electron chi connectivity index (χ2n) is 8.49. The molecule has 0 aliphatic rings. The SMILES string of the molecule is CCCCc1nc2ccc(Br)cc2c(=O)n1N=Cc1ccc(OCC(=O)Nc2cccc(F)c2)c([N+](=O)[O-])c1. The topological polar surface area (TPSA) is 129 Å². The molecular weight excluding hydrogens is 573 g/mol. The van der Waals surface area contributed by atoms with Crippen molar-refractivity contribution < 1.29 is 18.8 Å². The molecule has 10 nitrogen and oxygen atoms in total. The van der Waals surface area contributed by atoms with Gasteiger partial charge in [0.1, 0.15) is 11.6 Å². The summed E-state index contributed by atoms with van der Waals surface area (Å²) >= 11 is 3.37. The van der Waals surface area contributed by atoms with Crippen molar-refractivity contribution in [2.24, 2.45) is 5.10 Å². The molecule has 39 heavy (non-hydrogen) atoms. The van der Waals surface area contributed by atoms with Crippen molar-refractivity contribution in [1.29, 1.82) is 0 Å². The number of aryl methyl sites for hydroxylation is 1. The molecule has 0 aliphatic heterocycles. The van der Waals surface area contributed by atoms with Crippen molar-refractivity contribution >= 4 is 50.3 Å². The number of anilines is 1. The number of fused-ring (bicyclic) bond motifs is 1. The van der Waals surface area contributed by atoms with Crippen LogP contribution in [0.4, 0.5) is 15.8 Å². The zero-order chi connectivity index (χ0) is 27.9. The van der Waals surface area contributed by atoms with Crippen LogP contribution in [0.2, 0.25) is 0 Å². The summed E-state index contributed by atoms with van der Waals surface area (Å²) in [5, 5.41) is 18.8. The fourth-order valence-electron chi connectivity index (χ4n) is 3.72. The van der Waals surface area contributed by atoms with Crippen LogP contribution in [-0.2, 0) is 11.2 Å². The molecule has 4 rings (SSSR count). The fraction of sp³-hybridized carbons (Fsp3) is 0.185. The molecule has 3 aromatic carbocycles. The molecule has 0 spiro atoms. The van der Waals surface area contributed by atoms with Crippen molar-refractivity contribution in [1.82, 2.24) is 9.66 Å². The van der Waals surface area contributed by atoms with E-state index in [0.717, 1.165) is 23.4 Å². The number of hydrogen-bond acceptors (Lipinski definition) is 7. The third-order valence-corrected chi connectivity index (χ3v) is 6.09. The number of rotatable bonds is 10. The number of nitrogens with one attached hydrogen (secondary N) is 1. The molecule has 0 fully saturated rings. The Morgan fingerprint density at radius 3 is 2.79 bits per heavy atom. The minimum Gasteiger partial charge on any atom is -0.477 e. The first-order valence-corrected chi connectivity index (χ1v) is 12.8. The zero-order valence-electron chi connectivity index (χ0n) is 20.8. The lowest BCUT2D eigenvalue weighted by atomic mass is 10.2. The number of aromatic nitrogens is 2. The first-order valence-electron chi connectivity index (χ1n) is 12.0. The average molecular weight is 596 g/mol. The molecule has 0 saturated carbocycles.